The van der Waals surface area contributed by atoms with E-state index < -0.39 is 16.6 Å². The van der Waals surface area contributed by atoms with Crippen LogP contribution >= 0.6 is 0 Å². The summed E-state index contributed by atoms with van der Waals surface area (Å²) in [7, 11) is -5.17. The summed E-state index contributed by atoms with van der Waals surface area (Å²) >= 11 is 0. The van der Waals surface area contributed by atoms with Crippen LogP contribution < -0.4 is 74.0 Å². The van der Waals surface area contributed by atoms with Crippen molar-refractivity contribution < 1.29 is 101 Å². The first-order chi connectivity index (χ1) is 3.73. The van der Waals surface area contributed by atoms with Gasteiger partial charge in [-0.05, 0) is 0 Å². The molecule has 0 amide bonds. The maximum atomic E-state index is 8.52. The van der Waals surface area contributed by atoms with E-state index in [-0.39, 0.29) is 118 Å². The summed E-state index contributed by atoms with van der Waals surface area (Å²) in [5, 5.41) is 15.3. The molecule has 0 radical (unpaired) electrons. The van der Waals surface area contributed by atoms with Crippen molar-refractivity contribution in [3.8, 4) is 0 Å². The van der Waals surface area contributed by atoms with Crippen molar-refractivity contribution in [2.45, 2.75) is 0 Å². The van der Waals surface area contributed by atoms with Crippen molar-refractivity contribution in [3.05, 3.63) is 0 Å². The summed E-state index contributed by atoms with van der Waals surface area (Å²) in [6.07, 6.45) is -2.08. The minimum Gasteiger partial charge on any atom is -0.759 e. The minimum absolute atomic E-state index is 0. The third-order valence-corrected chi connectivity index (χ3v) is 0. The quantitative estimate of drug-likeness (QED) is 0.231. The Kier molecular flexibility index (Phi) is 27.3. The third kappa shape index (κ3) is 194. The SMILES string of the molecule is O=C([O-])O.O=S(=O)([O-])[O-].[Ba+2].[Cs+]. The van der Waals surface area contributed by atoms with Gasteiger partial charge in [0.2, 0.25) is 6.16 Å². The van der Waals surface area contributed by atoms with Crippen LogP contribution in [0.1, 0.15) is 0 Å². The Labute approximate surface area is 162 Å². The molecule has 56 valence electrons. The van der Waals surface area contributed by atoms with Gasteiger partial charge >= 0.3 is 118 Å². The van der Waals surface area contributed by atoms with E-state index in [2.05, 4.69) is 0 Å². The molecule has 0 aliphatic rings. The van der Waals surface area contributed by atoms with Gasteiger partial charge in [-0.3, -0.25) is 8.42 Å². The van der Waals surface area contributed by atoms with E-state index in [4.69, 9.17) is 32.5 Å². The zero-order chi connectivity index (χ0) is 8.08. The van der Waals surface area contributed by atoms with Crippen molar-refractivity contribution in [1.82, 2.24) is 0 Å². The summed E-state index contributed by atoms with van der Waals surface area (Å²) < 4.78 is 34.1. The van der Waals surface area contributed by atoms with Crippen molar-refractivity contribution in [2.75, 3.05) is 0 Å². The molecule has 0 aliphatic carbocycles. The van der Waals surface area contributed by atoms with Gasteiger partial charge in [0, 0.05) is 10.4 Å². The second-order valence-electron chi connectivity index (χ2n) is 0.674. The van der Waals surface area contributed by atoms with E-state index in [0.717, 1.165) is 0 Å². The standard InChI is InChI=1S/CH2O3.Ba.Cs.H2O4S/c2-1(3)4;;;1-5(2,3)4/h(H2,2,3,4);;;(H2,1,2,3,4)/q;+2;+1;/p-3. The van der Waals surface area contributed by atoms with Crippen LogP contribution in [0.3, 0.4) is 0 Å². The molecule has 0 fully saturated rings. The summed E-state index contributed by atoms with van der Waals surface area (Å²) in [6, 6.07) is 0. The summed E-state index contributed by atoms with van der Waals surface area (Å²) in [5.41, 5.74) is 0. The first-order valence-corrected chi connectivity index (χ1v) is 2.63. The normalized spacial score (nSPS) is 7.45. The third-order valence-electron chi connectivity index (χ3n) is 0. The van der Waals surface area contributed by atoms with Gasteiger partial charge in [0.05, 0.1) is 0 Å². The molecule has 0 bridgehead atoms. The molecule has 0 saturated carbocycles. The zero-order valence-corrected chi connectivity index (χ0v) is 17.0. The average molecular weight is 427 g/mol. The van der Waals surface area contributed by atoms with Gasteiger partial charge in [0.15, 0.2) is 0 Å². The van der Waals surface area contributed by atoms with Crippen molar-refractivity contribution in [1.29, 1.82) is 0 Å². The van der Waals surface area contributed by atoms with Crippen LogP contribution in [0.15, 0.2) is 0 Å². The number of carbonyl (C=O) groups is 1. The van der Waals surface area contributed by atoms with Crippen LogP contribution in [0.2, 0.25) is 0 Å². The molecular weight excluding hydrogens is 426 g/mol. The van der Waals surface area contributed by atoms with Gasteiger partial charge in [-0.2, -0.15) is 0 Å². The van der Waals surface area contributed by atoms with Crippen LogP contribution in [-0.2, 0) is 10.4 Å². The molecule has 0 rings (SSSR count). The van der Waals surface area contributed by atoms with Gasteiger partial charge in [-0.25, -0.2) is 0 Å². The number of carboxylic acid groups (broad SMARTS) is 2. The number of hydrogen-bond acceptors (Lipinski definition) is 6. The van der Waals surface area contributed by atoms with E-state index in [1.807, 2.05) is 0 Å². The monoisotopic (exact) mass is 428 g/mol. The molecular formula is CHBaCsO7S. The average Bonchev–Trinajstić information content (AvgIpc) is 1.19. The van der Waals surface area contributed by atoms with Gasteiger partial charge in [0.1, 0.15) is 0 Å². The molecule has 11 heavy (non-hydrogen) atoms. The van der Waals surface area contributed by atoms with Crippen LogP contribution in [0, 0.1) is 0 Å². The minimum atomic E-state index is -5.17. The first-order valence-electron chi connectivity index (χ1n) is 1.30. The predicted molar refractivity (Wildman–Crippen MR) is 24.3 cm³/mol. The maximum Gasteiger partial charge on any atom is 2.00 e. The second-order valence-corrected chi connectivity index (χ2v) is 1.49. The molecule has 0 aromatic rings. The number of rotatable bonds is 0. The smallest absolute Gasteiger partial charge is 0.759 e. The fraction of sp³-hybridized carbons (Fsp3) is 0. The topological polar surface area (TPSA) is 141 Å². The molecule has 0 unspecified atom stereocenters. The van der Waals surface area contributed by atoms with Crippen molar-refractivity contribution in [2.24, 2.45) is 0 Å². The molecule has 0 aromatic carbocycles. The maximum absolute atomic E-state index is 8.52. The van der Waals surface area contributed by atoms with Crippen LogP contribution in [-0.4, -0.2) is 77.7 Å². The summed E-state index contributed by atoms with van der Waals surface area (Å²) in [4.78, 5) is 8.44. The molecule has 0 atom stereocenters. The molecule has 7 nitrogen and oxygen atoms in total. The largest absolute Gasteiger partial charge is 2.00 e. The van der Waals surface area contributed by atoms with E-state index in [1.54, 1.807) is 0 Å². The second kappa shape index (κ2) is 12.8. The van der Waals surface area contributed by atoms with Crippen LogP contribution in [0.4, 0.5) is 4.79 Å². The molecule has 0 aromatic heterocycles. The van der Waals surface area contributed by atoms with Gasteiger partial charge in [0.25, 0.3) is 0 Å². The Balaban J connectivity index is -0.0000000383. The van der Waals surface area contributed by atoms with Crippen molar-refractivity contribution in [3.63, 3.8) is 0 Å². The fourth-order valence-corrected chi connectivity index (χ4v) is 0. The molecule has 0 saturated heterocycles. The van der Waals surface area contributed by atoms with E-state index in [0.29, 0.717) is 0 Å². The Morgan fingerprint density at radius 2 is 1.27 bits per heavy atom. The van der Waals surface area contributed by atoms with Gasteiger partial charge < -0.3 is 24.1 Å². The molecule has 10 heteroatoms. The summed E-state index contributed by atoms with van der Waals surface area (Å²) in [5.74, 6) is 0. The Hall–Kier alpha value is 2.76. The first kappa shape index (κ1) is 23.5. The summed E-state index contributed by atoms with van der Waals surface area (Å²) in [6.45, 7) is 0. The zero-order valence-electron chi connectivity index (χ0n) is 5.51. The predicted octanol–water partition coefficient (Wildman–Crippen LogP) is -5.83. The molecule has 1 N–H and O–H groups in total. The van der Waals surface area contributed by atoms with E-state index in [9.17, 15) is 0 Å². The van der Waals surface area contributed by atoms with E-state index >= 15 is 0 Å². The Bertz CT molecular complexity index is 161. The van der Waals surface area contributed by atoms with Gasteiger partial charge in [-0.15, -0.1) is 0 Å². The molecule has 0 heterocycles. The van der Waals surface area contributed by atoms with Gasteiger partial charge in [-0.1, -0.05) is 0 Å². The van der Waals surface area contributed by atoms with Crippen molar-refractivity contribution >= 4 is 65.4 Å². The molecule has 0 aliphatic heterocycles. The fourth-order valence-electron chi connectivity index (χ4n) is 0. The number of hydrogen-bond donors (Lipinski definition) is 1. The van der Waals surface area contributed by atoms with Crippen LogP contribution in [0.5, 0.6) is 0 Å². The molecule has 0 spiro atoms. The Morgan fingerprint density at radius 3 is 1.27 bits per heavy atom. The van der Waals surface area contributed by atoms with E-state index in [1.165, 1.54) is 0 Å². The van der Waals surface area contributed by atoms with Crippen LogP contribution in [0.25, 0.3) is 0 Å². The Morgan fingerprint density at radius 1 is 1.27 bits per heavy atom.